The van der Waals surface area contributed by atoms with Gasteiger partial charge in [0.1, 0.15) is 6.04 Å². The highest BCUT2D eigenvalue weighted by atomic mass is 19.4. The third-order valence-corrected chi connectivity index (χ3v) is 4.15. The summed E-state index contributed by atoms with van der Waals surface area (Å²) in [4.78, 5) is 25.5. The maximum absolute atomic E-state index is 12.9. The summed E-state index contributed by atoms with van der Waals surface area (Å²) in [5.41, 5.74) is -3.88. The summed E-state index contributed by atoms with van der Waals surface area (Å²) < 4.78 is 77.7. The number of piperidine rings is 1. The maximum Gasteiger partial charge on any atom is 0.416 e. The zero-order valence-electron chi connectivity index (χ0n) is 13.7. The molecule has 1 saturated heterocycles. The molecule has 1 fully saturated rings. The number of halogens is 6. The van der Waals surface area contributed by atoms with E-state index in [0.717, 1.165) is 4.90 Å². The van der Waals surface area contributed by atoms with Crippen molar-refractivity contribution in [1.29, 1.82) is 0 Å². The molecular formula is C16H16F6N2O2. The smallest absolute Gasteiger partial charge is 0.357 e. The normalized spacial score (nSPS) is 18.6. The Balaban J connectivity index is 2.48. The van der Waals surface area contributed by atoms with Crippen molar-refractivity contribution in [2.45, 2.75) is 37.7 Å². The molecule has 0 saturated carbocycles. The van der Waals surface area contributed by atoms with E-state index in [2.05, 4.69) is 5.32 Å². The second kappa shape index (κ2) is 7.16. The molecule has 144 valence electrons. The van der Waals surface area contributed by atoms with Gasteiger partial charge in [-0.05, 0) is 37.5 Å². The second-order valence-electron chi connectivity index (χ2n) is 5.92. The molecule has 1 atom stereocenters. The molecule has 2 rings (SSSR count). The van der Waals surface area contributed by atoms with Crippen LogP contribution < -0.4 is 5.32 Å². The number of alkyl halides is 6. The number of rotatable bonds is 2. The monoisotopic (exact) mass is 382 g/mol. The molecule has 1 aliphatic rings. The summed E-state index contributed by atoms with van der Waals surface area (Å²) in [6.07, 6.45) is -8.67. The van der Waals surface area contributed by atoms with Crippen molar-refractivity contribution >= 4 is 11.8 Å². The van der Waals surface area contributed by atoms with Crippen LogP contribution in [0, 0.1) is 0 Å². The molecule has 0 aliphatic carbocycles. The van der Waals surface area contributed by atoms with Gasteiger partial charge in [-0.2, -0.15) is 26.3 Å². The van der Waals surface area contributed by atoms with Crippen LogP contribution in [0.15, 0.2) is 18.2 Å². The van der Waals surface area contributed by atoms with Crippen molar-refractivity contribution in [3.8, 4) is 0 Å². The van der Waals surface area contributed by atoms with E-state index in [1.165, 1.54) is 7.05 Å². The van der Waals surface area contributed by atoms with Gasteiger partial charge in [0.2, 0.25) is 5.91 Å². The van der Waals surface area contributed by atoms with Crippen LogP contribution in [-0.2, 0) is 17.1 Å². The highest BCUT2D eigenvalue weighted by molar-refractivity contribution is 5.98. The Morgan fingerprint density at radius 1 is 1.00 bits per heavy atom. The fourth-order valence-corrected chi connectivity index (χ4v) is 2.86. The van der Waals surface area contributed by atoms with Crippen LogP contribution in [0.3, 0.4) is 0 Å². The van der Waals surface area contributed by atoms with E-state index in [1.54, 1.807) is 0 Å². The van der Waals surface area contributed by atoms with E-state index in [-0.39, 0.29) is 19.0 Å². The average Bonchev–Trinajstić information content (AvgIpc) is 2.58. The first-order chi connectivity index (χ1) is 11.9. The van der Waals surface area contributed by atoms with Crippen molar-refractivity contribution in [3.05, 3.63) is 34.9 Å². The number of hydrogen-bond donors (Lipinski definition) is 1. The molecule has 0 unspecified atom stereocenters. The van der Waals surface area contributed by atoms with Crippen LogP contribution in [0.4, 0.5) is 26.3 Å². The van der Waals surface area contributed by atoms with Crippen molar-refractivity contribution in [3.63, 3.8) is 0 Å². The summed E-state index contributed by atoms with van der Waals surface area (Å²) in [7, 11) is 1.34. The summed E-state index contributed by atoms with van der Waals surface area (Å²) in [6.45, 7) is 0.0779. The number of carbonyl (C=O) groups is 2. The summed E-state index contributed by atoms with van der Waals surface area (Å²) in [5, 5.41) is 2.35. The predicted molar refractivity (Wildman–Crippen MR) is 79.2 cm³/mol. The number of carbonyl (C=O) groups excluding carboxylic acids is 2. The molecule has 1 heterocycles. The average molecular weight is 382 g/mol. The van der Waals surface area contributed by atoms with E-state index >= 15 is 0 Å². The second-order valence-corrected chi connectivity index (χ2v) is 5.92. The molecule has 1 N–H and O–H groups in total. The van der Waals surface area contributed by atoms with E-state index in [4.69, 9.17) is 0 Å². The Bertz CT molecular complexity index is 667. The minimum absolute atomic E-state index is 0.0385. The van der Waals surface area contributed by atoms with Gasteiger partial charge in [0.15, 0.2) is 0 Å². The molecule has 26 heavy (non-hydrogen) atoms. The Hall–Kier alpha value is -2.26. The van der Waals surface area contributed by atoms with Crippen LogP contribution in [0.25, 0.3) is 0 Å². The first kappa shape index (κ1) is 20.1. The number of hydrogen-bond acceptors (Lipinski definition) is 2. The van der Waals surface area contributed by atoms with Gasteiger partial charge in [-0.25, -0.2) is 0 Å². The zero-order valence-corrected chi connectivity index (χ0v) is 13.7. The van der Waals surface area contributed by atoms with Crippen molar-refractivity contribution in [2.24, 2.45) is 0 Å². The molecule has 0 radical (unpaired) electrons. The number of nitrogens with zero attached hydrogens (tertiary/aromatic N) is 1. The SMILES string of the molecule is CNC(=O)[C@H]1CCCCN1C(=O)c1cc(C(F)(F)F)cc(C(F)(F)F)c1. The van der Waals surface area contributed by atoms with Gasteiger partial charge in [0.25, 0.3) is 5.91 Å². The van der Waals surface area contributed by atoms with Crippen LogP contribution >= 0.6 is 0 Å². The minimum atomic E-state index is -5.04. The number of likely N-dealkylation sites (N-methyl/N-ethyl adjacent to an activating group) is 1. The fourth-order valence-electron chi connectivity index (χ4n) is 2.86. The van der Waals surface area contributed by atoms with E-state index < -0.39 is 46.9 Å². The number of likely N-dealkylation sites (tertiary alicyclic amines) is 1. The summed E-state index contributed by atoms with van der Waals surface area (Å²) >= 11 is 0. The van der Waals surface area contributed by atoms with E-state index in [1.807, 2.05) is 0 Å². The molecule has 0 spiro atoms. The molecule has 0 aromatic heterocycles. The molecule has 10 heteroatoms. The fraction of sp³-hybridized carbons (Fsp3) is 0.500. The molecule has 2 amide bonds. The standard InChI is InChI=1S/C16H16F6N2O2/c1-23-13(25)12-4-2-3-5-24(12)14(26)9-6-10(15(17,18)19)8-11(7-9)16(20,21)22/h6-8,12H,2-5H2,1H3,(H,23,25)/t12-/m1/s1. The van der Waals surface area contributed by atoms with Crippen LogP contribution in [0.2, 0.25) is 0 Å². The Labute approximate surface area is 145 Å². The Morgan fingerprint density at radius 3 is 2.00 bits per heavy atom. The summed E-state index contributed by atoms with van der Waals surface area (Å²) in [6, 6.07) is -0.200. The largest absolute Gasteiger partial charge is 0.416 e. The Kier molecular flexibility index (Phi) is 5.52. The highest BCUT2D eigenvalue weighted by Gasteiger charge is 2.39. The molecule has 4 nitrogen and oxygen atoms in total. The quantitative estimate of drug-likeness (QED) is 0.797. The third-order valence-electron chi connectivity index (χ3n) is 4.15. The topological polar surface area (TPSA) is 49.4 Å². The maximum atomic E-state index is 12.9. The molecule has 0 bridgehead atoms. The summed E-state index contributed by atoms with van der Waals surface area (Å²) in [5.74, 6) is -1.55. The van der Waals surface area contributed by atoms with Gasteiger partial charge in [0, 0.05) is 19.2 Å². The Morgan fingerprint density at radius 2 is 1.54 bits per heavy atom. The van der Waals surface area contributed by atoms with Crippen LogP contribution in [-0.4, -0.2) is 36.3 Å². The lowest BCUT2D eigenvalue weighted by molar-refractivity contribution is -0.143. The predicted octanol–water partition coefficient (Wildman–Crippen LogP) is 3.46. The van der Waals surface area contributed by atoms with Gasteiger partial charge in [-0.1, -0.05) is 0 Å². The first-order valence-corrected chi connectivity index (χ1v) is 7.77. The van der Waals surface area contributed by atoms with E-state index in [9.17, 15) is 35.9 Å². The number of benzene rings is 1. The third kappa shape index (κ3) is 4.28. The van der Waals surface area contributed by atoms with Crippen LogP contribution in [0.1, 0.15) is 40.7 Å². The van der Waals surface area contributed by atoms with Gasteiger partial charge < -0.3 is 10.2 Å². The lowest BCUT2D eigenvalue weighted by atomic mass is 9.98. The molecule has 1 aliphatic heterocycles. The van der Waals surface area contributed by atoms with Gasteiger partial charge in [-0.3, -0.25) is 9.59 Å². The lowest BCUT2D eigenvalue weighted by Gasteiger charge is -2.34. The van der Waals surface area contributed by atoms with Gasteiger partial charge >= 0.3 is 12.4 Å². The molecular weight excluding hydrogens is 366 g/mol. The highest BCUT2D eigenvalue weighted by Crippen LogP contribution is 2.36. The first-order valence-electron chi connectivity index (χ1n) is 7.77. The van der Waals surface area contributed by atoms with Crippen molar-refractivity contribution in [2.75, 3.05) is 13.6 Å². The minimum Gasteiger partial charge on any atom is -0.357 e. The van der Waals surface area contributed by atoms with Gasteiger partial charge in [0.05, 0.1) is 11.1 Å². The number of nitrogens with one attached hydrogen (secondary N) is 1. The zero-order chi connectivity index (χ0) is 19.7. The number of amides is 2. The van der Waals surface area contributed by atoms with Crippen LogP contribution in [0.5, 0.6) is 0 Å². The van der Waals surface area contributed by atoms with Crippen molar-refractivity contribution < 1.29 is 35.9 Å². The van der Waals surface area contributed by atoms with Gasteiger partial charge in [-0.15, -0.1) is 0 Å². The van der Waals surface area contributed by atoms with E-state index in [0.29, 0.717) is 25.0 Å². The lowest BCUT2D eigenvalue weighted by Crippen LogP contribution is -2.51. The molecule has 1 aromatic carbocycles. The molecule has 1 aromatic rings. The van der Waals surface area contributed by atoms with Crippen molar-refractivity contribution in [1.82, 2.24) is 10.2 Å².